The minimum atomic E-state index is 0.424. The summed E-state index contributed by atoms with van der Waals surface area (Å²) in [4.78, 5) is 4.63. The van der Waals surface area contributed by atoms with Crippen LogP contribution in [0.5, 0.6) is 0 Å². The molecule has 2 aromatic rings. The number of imidazole rings is 1. The standard InChI is InChI=1S/C16H18ClN3/c17-10-16-19-14-8-7-12(11-18)9-15(14)20(16)13-5-3-1-2-4-6-13/h7-9,13H,1-6,10H2. The van der Waals surface area contributed by atoms with Gasteiger partial charge in [0.1, 0.15) is 5.82 Å². The van der Waals surface area contributed by atoms with Crippen LogP contribution in [-0.2, 0) is 5.88 Å². The number of alkyl halides is 1. The molecule has 0 unspecified atom stereocenters. The van der Waals surface area contributed by atoms with Crippen molar-refractivity contribution in [2.24, 2.45) is 0 Å². The summed E-state index contributed by atoms with van der Waals surface area (Å²) in [5.41, 5.74) is 2.70. The highest BCUT2D eigenvalue weighted by Crippen LogP contribution is 2.32. The lowest BCUT2D eigenvalue weighted by molar-refractivity contribution is 0.444. The zero-order valence-electron chi connectivity index (χ0n) is 11.5. The molecule has 1 fully saturated rings. The van der Waals surface area contributed by atoms with E-state index in [4.69, 9.17) is 16.9 Å². The van der Waals surface area contributed by atoms with Crippen LogP contribution in [0.1, 0.15) is 56.0 Å². The topological polar surface area (TPSA) is 41.6 Å². The van der Waals surface area contributed by atoms with Crippen molar-refractivity contribution in [2.75, 3.05) is 0 Å². The Bertz CT molecular complexity index is 646. The molecule has 1 aliphatic carbocycles. The summed E-state index contributed by atoms with van der Waals surface area (Å²) in [7, 11) is 0. The van der Waals surface area contributed by atoms with Gasteiger partial charge in [-0.3, -0.25) is 0 Å². The maximum Gasteiger partial charge on any atom is 0.125 e. The summed E-state index contributed by atoms with van der Waals surface area (Å²) in [6.45, 7) is 0. The van der Waals surface area contributed by atoms with Gasteiger partial charge in [-0.2, -0.15) is 5.26 Å². The summed E-state index contributed by atoms with van der Waals surface area (Å²) in [5.74, 6) is 1.36. The van der Waals surface area contributed by atoms with Crippen molar-refractivity contribution in [3.05, 3.63) is 29.6 Å². The molecule has 1 saturated carbocycles. The van der Waals surface area contributed by atoms with Gasteiger partial charge in [0, 0.05) is 6.04 Å². The van der Waals surface area contributed by atoms with Crippen LogP contribution >= 0.6 is 11.6 Å². The summed E-state index contributed by atoms with van der Waals surface area (Å²) >= 11 is 6.09. The molecule has 3 nitrogen and oxygen atoms in total. The van der Waals surface area contributed by atoms with Gasteiger partial charge in [0.15, 0.2) is 0 Å². The number of fused-ring (bicyclic) bond motifs is 1. The van der Waals surface area contributed by atoms with Crippen LogP contribution in [-0.4, -0.2) is 9.55 Å². The maximum atomic E-state index is 9.10. The Morgan fingerprint density at radius 2 is 2.00 bits per heavy atom. The Balaban J connectivity index is 2.12. The number of nitrogens with zero attached hydrogens (tertiary/aromatic N) is 3. The molecule has 4 heteroatoms. The lowest BCUT2D eigenvalue weighted by atomic mass is 10.1. The molecule has 0 N–H and O–H groups in total. The normalized spacial score (nSPS) is 17.0. The summed E-state index contributed by atoms with van der Waals surface area (Å²) in [5, 5.41) is 9.10. The lowest BCUT2D eigenvalue weighted by Crippen LogP contribution is -2.11. The molecule has 0 radical (unpaired) electrons. The molecule has 0 saturated heterocycles. The van der Waals surface area contributed by atoms with Crippen LogP contribution < -0.4 is 0 Å². The van der Waals surface area contributed by atoms with Crippen LogP contribution in [0.2, 0.25) is 0 Å². The van der Waals surface area contributed by atoms with E-state index in [-0.39, 0.29) is 0 Å². The first-order valence-corrected chi connectivity index (χ1v) is 7.84. The van der Waals surface area contributed by atoms with Crippen LogP contribution in [0.25, 0.3) is 11.0 Å². The smallest absolute Gasteiger partial charge is 0.125 e. The largest absolute Gasteiger partial charge is 0.324 e. The van der Waals surface area contributed by atoms with Crippen molar-refractivity contribution < 1.29 is 0 Å². The number of hydrogen-bond donors (Lipinski definition) is 0. The van der Waals surface area contributed by atoms with Crippen LogP contribution in [0.4, 0.5) is 0 Å². The zero-order chi connectivity index (χ0) is 13.9. The minimum absolute atomic E-state index is 0.424. The highest BCUT2D eigenvalue weighted by atomic mass is 35.5. The molecule has 0 amide bonds. The van der Waals surface area contributed by atoms with Crippen LogP contribution in [0.15, 0.2) is 18.2 Å². The van der Waals surface area contributed by atoms with E-state index in [1.54, 1.807) is 0 Å². The molecule has 3 rings (SSSR count). The number of aromatic nitrogens is 2. The predicted octanol–water partition coefficient (Wildman–Crippen LogP) is 4.54. The third-order valence-electron chi connectivity index (χ3n) is 4.20. The molecule has 1 aliphatic rings. The molecule has 1 aromatic heterocycles. The SMILES string of the molecule is N#Cc1ccc2nc(CCl)n(C3CCCCCC3)c2c1. The number of halogens is 1. The van der Waals surface area contributed by atoms with Gasteiger partial charge in [0.25, 0.3) is 0 Å². The van der Waals surface area contributed by atoms with E-state index in [2.05, 4.69) is 15.6 Å². The summed E-state index contributed by atoms with van der Waals surface area (Å²) in [6.07, 6.45) is 7.55. The Labute approximate surface area is 124 Å². The first-order valence-electron chi connectivity index (χ1n) is 7.30. The third kappa shape index (κ3) is 2.41. The number of benzene rings is 1. The van der Waals surface area contributed by atoms with E-state index in [1.165, 1.54) is 38.5 Å². The molecule has 0 bridgehead atoms. The van der Waals surface area contributed by atoms with E-state index < -0.39 is 0 Å². The average Bonchev–Trinajstić information content (AvgIpc) is 2.65. The predicted molar refractivity (Wildman–Crippen MR) is 80.7 cm³/mol. The average molecular weight is 288 g/mol. The van der Waals surface area contributed by atoms with Gasteiger partial charge >= 0.3 is 0 Å². The van der Waals surface area contributed by atoms with Crippen molar-refractivity contribution in [3.63, 3.8) is 0 Å². The highest BCUT2D eigenvalue weighted by Gasteiger charge is 2.20. The minimum Gasteiger partial charge on any atom is -0.324 e. The second-order valence-corrected chi connectivity index (χ2v) is 5.76. The Morgan fingerprint density at radius 3 is 2.65 bits per heavy atom. The molecule has 1 aromatic carbocycles. The van der Waals surface area contributed by atoms with Gasteiger partial charge in [-0.05, 0) is 31.0 Å². The molecule has 0 spiro atoms. The molecular formula is C16H18ClN3. The molecule has 0 atom stereocenters. The third-order valence-corrected chi connectivity index (χ3v) is 4.44. The maximum absolute atomic E-state index is 9.10. The highest BCUT2D eigenvalue weighted by molar-refractivity contribution is 6.16. The Kier molecular flexibility index (Phi) is 3.93. The van der Waals surface area contributed by atoms with E-state index in [1.807, 2.05) is 18.2 Å². The van der Waals surface area contributed by atoms with Crippen LogP contribution in [0.3, 0.4) is 0 Å². The Hall–Kier alpha value is -1.53. The summed E-state index contributed by atoms with van der Waals surface area (Å²) < 4.78 is 2.29. The number of nitriles is 1. The van der Waals surface area contributed by atoms with Gasteiger partial charge in [-0.1, -0.05) is 25.7 Å². The van der Waals surface area contributed by atoms with Crippen LogP contribution in [0, 0.1) is 11.3 Å². The van der Waals surface area contributed by atoms with Gasteiger partial charge in [-0.25, -0.2) is 4.98 Å². The van der Waals surface area contributed by atoms with Gasteiger partial charge in [0.2, 0.25) is 0 Å². The number of hydrogen-bond acceptors (Lipinski definition) is 2. The quantitative estimate of drug-likeness (QED) is 0.601. The molecule has 0 aliphatic heterocycles. The van der Waals surface area contributed by atoms with Gasteiger partial charge in [0.05, 0.1) is 28.5 Å². The van der Waals surface area contributed by atoms with Crippen molar-refractivity contribution in [1.82, 2.24) is 9.55 Å². The second kappa shape index (κ2) is 5.85. The lowest BCUT2D eigenvalue weighted by Gasteiger charge is -2.19. The fourth-order valence-corrected chi connectivity index (χ4v) is 3.42. The van der Waals surface area contributed by atoms with E-state index in [0.717, 1.165) is 16.9 Å². The summed E-state index contributed by atoms with van der Waals surface area (Å²) in [6, 6.07) is 8.39. The van der Waals surface area contributed by atoms with Crippen molar-refractivity contribution >= 4 is 22.6 Å². The molecule has 104 valence electrons. The number of rotatable bonds is 2. The van der Waals surface area contributed by atoms with E-state index >= 15 is 0 Å². The van der Waals surface area contributed by atoms with E-state index in [9.17, 15) is 0 Å². The van der Waals surface area contributed by atoms with Crippen molar-refractivity contribution in [1.29, 1.82) is 5.26 Å². The molecule has 1 heterocycles. The fraction of sp³-hybridized carbons (Fsp3) is 0.500. The van der Waals surface area contributed by atoms with Gasteiger partial charge < -0.3 is 4.57 Å². The first-order chi connectivity index (χ1) is 9.83. The Morgan fingerprint density at radius 1 is 1.25 bits per heavy atom. The van der Waals surface area contributed by atoms with Crippen molar-refractivity contribution in [3.8, 4) is 6.07 Å². The van der Waals surface area contributed by atoms with E-state index in [0.29, 0.717) is 17.5 Å². The molecule has 20 heavy (non-hydrogen) atoms. The van der Waals surface area contributed by atoms with Crippen molar-refractivity contribution in [2.45, 2.75) is 50.4 Å². The molecular weight excluding hydrogens is 270 g/mol. The van der Waals surface area contributed by atoms with Gasteiger partial charge in [-0.15, -0.1) is 11.6 Å². The monoisotopic (exact) mass is 287 g/mol. The second-order valence-electron chi connectivity index (χ2n) is 5.49. The first kappa shape index (κ1) is 13.5. The fourth-order valence-electron chi connectivity index (χ4n) is 3.23. The zero-order valence-corrected chi connectivity index (χ0v) is 12.2.